The van der Waals surface area contributed by atoms with Crippen LogP contribution in [0.4, 0.5) is 47.7 Å². The van der Waals surface area contributed by atoms with E-state index in [1.54, 1.807) is 18.2 Å². The van der Waals surface area contributed by atoms with E-state index < -0.39 is 23.5 Å². The van der Waals surface area contributed by atoms with Crippen molar-refractivity contribution in [3.8, 4) is 0 Å². The van der Waals surface area contributed by atoms with E-state index >= 15 is 0 Å². The average molecular weight is 582 g/mol. The lowest BCUT2D eigenvalue weighted by molar-refractivity contribution is -0.137. The molecule has 3 heterocycles. The molecule has 0 unspecified atom stereocenters. The number of anilines is 6. The van der Waals surface area contributed by atoms with Crippen LogP contribution in [0.5, 0.6) is 0 Å². The van der Waals surface area contributed by atoms with Crippen molar-refractivity contribution in [2.24, 2.45) is 0 Å². The number of aryl methyl sites for hydroxylation is 1. The Bertz CT molecular complexity index is 1420. The maximum Gasteiger partial charge on any atom is 0.421 e. The van der Waals surface area contributed by atoms with Gasteiger partial charge in [-0.1, -0.05) is 12.6 Å². The van der Waals surface area contributed by atoms with Crippen molar-refractivity contribution in [2.45, 2.75) is 32.0 Å². The number of ether oxygens (including phenoxy) is 1. The highest BCUT2D eigenvalue weighted by Crippen LogP contribution is 2.36. The Labute approximate surface area is 242 Å². The largest absolute Gasteiger partial charge is 0.421 e. The van der Waals surface area contributed by atoms with Crippen molar-refractivity contribution in [1.82, 2.24) is 14.9 Å². The third-order valence-electron chi connectivity index (χ3n) is 7.52. The predicted octanol–water partition coefficient (Wildman–Crippen LogP) is 5.72. The first-order valence-electron chi connectivity index (χ1n) is 13.9. The summed E-state index contributed by atoms with van der Waals surface area (Å²) in [5.74, 6) is -0.830. The molecule has 42 heavy (non-hydrogen) atoms. The van der Waals surface area contributed by atoms with E-state index in [0.29, 0.717) is 23.1 Å². The summed E-state index contributed by atoms with van der Waals surface area (Å²) in [6, 6.07) is 12.9. The molecule has 5 rings (SSSR count). The molecule has 2 saturated heterocycles. The number of hydrogen-bond donors (Lipinski definition) is 3. The molecule has 1 amide bonds. The molecule has 9 nitrogen and oxygen atoms in total. The number of alkyl halides is 3. The van der Waals surface area contributed by atoms with Crippen LogP contribution < -0.4 is 20.9 Å². The summed E-state index contributed by atoms with van der Waals surface area (Å²) in [5, 5.41) is 8.38. The molecule has 2 fully saturated rings. The molecule has 2 aromatic carbocycles. The van der Waals surface area contributed by atoms with Crippen LogP contribution in [0.3, 0.4) is 0 Å². The van der Waals surface area contributed by atoms with Gasteiger partial charge in [0.2, 0.25) is 11.9 Å². The smallest absolute Gasteiger partial charge is 0.379 e. The van der Waals surface area contributed by atoms with Gasteiger partial charge in [0.25, 0.3) is 0 Å². The number of hydrogen-bond acceptors (Lipinski definition) is 8. The van der Waals surface area contributed by atoms with Crippen molar-refractivity contribution in [3.63, 3.8) is 0 Å². The summed E-state index contributed by atoms with van der Waals surface area (Å²) in [7, 11) is 0. The molecule has 222 valence electrons. The SMILES string of the molecule is C=CC(=O)Nc1cccc(Nc2nc(Nc3ccc(N4CCC(N5CCOCC5)CC4)cc3C)ncc2C(F)(F)F)c1. The molecule has 0 saturated carbocycles. The van der Waals surface area contributed by atoms with Crippen LogP contribution in [0, 0.1) is 6.92 Å². The second-order valence-electron chi connectivity index (χ2n) is 10.3. The first-order valence-corrected chi connectivity index (χ1v) is 13.9. The third-order valence-corrected chi connectivity index (χ3v) is 7.52. The Balaban J connectivity index is 1.29. The van der Waals surface area contributed by atoms with Crippen LogP contribution in [0.1, 0.15) is 24.0 Å². The zero-order valence-corrected chi connectivity index (χ0v) is 23.4. The molecule has 0 bridgehead atoms. The summed E-state index contributed by atoms with van der Waals surface area (Å²) in [5.41, 5.74) is 2.42. The highest BCUT2D eigenvalue weighted by molar-refractivity contribution is 5.99. The van der Waals surface area contributed by atoms with Crippen LogP contribution in [0.25, 0.3) is 0 Å². The van der Waals surface area contributed by atoms with Gasteiger partial charge in [0.1, 0.15) is 11.4 Å². The van der Waals surface area contributed by atoms with Crippen LogP contribution in [-0.4, -0.2) is 66.2 Å². The summed E-state index contributed by atoms with van der Waals surface area (Å²) >= 11 is 0. The first-order chi connectivity index (χ1) is 20.2. The van der Waals surface area contributed by atoms with Crippen molar-refractivity contribution < 1.29 is 22.7 Å². The second kappa shape index (κ2) is 12.8. The topological polar surface area (TPSA) is 94.6 Å². The number of benzene rings is 2. The minimum atomic E-state index is -4.68. The predicted molar refractivity (Wildman–Crippen MR) is 158 cm³/mol. The standard InChI is InChI=1S/C30H34F3N7O2/c1-3-27(41)35-21-5-4-6-22(18-21)36-28-25(30(31,32)33)19-34-29(38-28)37-26-8-7-24(17-20(26)2)39-11-9-23(10-12-39)40-13-15-42-16-14-40/h3-8,17-19,23H,1,9-16H2,2H3,(H,35,41)(H2,34,36,37,38). The van der Waals surface area contributed by atoms with E-state index in [2.05, 4.69) is 48.4 Å². The number of amides is 1. The molecular formula is C30H34F3N7O2. The van der Waals surface area contributed by atoms with E-state index in [4.69, 9.17) is 4.74 Å². The third kappa shape index (κ3) is 7.18. The number of rotatable bonds is 8. The Kier molecular flexibility index (Phi) is 8.93. The Morgan fingerprint density at radius 3 is 2.48 bits per heavy atom. The first kappa shape index (κ1) is 29.3. The van der Waals surface area contributed by atoms with Crippen molar-refractivity contribution in [3.05, 3.63) is 72.4 Å². The number of nitrogens with one attached hydrogen (secondary N) is 3. The Morgan fingerprint density at radius 2 is 1.79 bits per heavy atom. The highest BCUT2D eigenvalue weighted by Gasteiger charge is 2.35. The molecule has 12 heteroatoms. The Hall–Kier alpha value is -4.16. The van der Waals surface area contributed by atoms with E-state index in [1.165, 1.54) is 6.07 Å². The summed E-state index contributed by atoms with van der Waals surface area (Å²) in [6.45, 7) is 10.9. The van der Waals surface area contributed by atoms with Gasteiger partial charge in [-0.05, 0) is 67.8 Å². The normalized spacial score (nSPS) is 16.6. The zero-order valence-electron chi connectivity index (χ0n) is 23.4. The quantitative estimate of drug-likeness (QED) is 0.291. The number of halogens is 3. The average Bonchev–Trinajstić information content (AvgIpc) is 2.98. The molecule has 3 N–H and O–H groups in total. The monoisotopic (exact) mass is 581 g/mol. The van der Waals surface area contributed by atoms with Crippen molar-refractivity contribution in [2.75, 3.05) is 60.2 Å². The van der Waals surface area contributed by atoms with E-state index in [-0.39, 0.29) is 5.95 Å². The molecule has 0 radical (unpaired) electrons. The lowest BCUT2D eigenvalue weighted by Gasteiger charge is -2.41. The molecule has 2 aliphatic heterocycles. The number of nitrogens with zero attached hydrogens (tertiary/aromatic N) is 4. The van der Waals surface area contributed by atoms with Crippen LogP contribution >= 0.6 is 0 Å². The fourth-order valence-electron chi connectivity index (χ4n) is 5.29. The molecule has 0 aliphatic carbocycles. The van der Waals surface area contributed by atoms with Crippen molar-refractivity contribution in [1.29, 1.82) is 0 Å². The number of carbonyl (C=O) groups is 1. The second-order valence-corrected chi connectivity index (χ2v) is 10.3. The van der Waals surface area contributed by atoms with Gasteiger partial charge in [0.05, 0.1) is 13.2 Å². The maximum atomic E-state index is 13.8. The van der Waals surface area contributed by atoms with Crippen molar-refractivity contribution >= 4 is 40.4 Å². The van der Waals surface area contributed by atoms with E-state index in [1.807, 2.05) is 19.1 Å². The number of aromatic nitrogens is 2. The van der Waals surface area contributed by atoms with Crippen LogP contribution in [0.2, 0.25) is 0 Å². The summed E-state index contributed by atoms with van der Waals surface area (Å²) in [6.07, 6.45) is -0.631. The molecule has 3 aromatic rings. The fraction of sp³-hybridized carbons (Fsp3) is 0.367. The summed E-state index contributed by atoms with van der Waals surface area (Å²) in [4.78, 5) is 24.6. The molecule has 2 aliphatic rings. The van der Waals surface area contributed by atoms with Gasteiger partial charge in [-0.15, -0.1) is 0 Å². The maximum absolute atomic E-state index is 13.8. The lowest BCUT2D eigenvalue weighted by atomic mass is 10.0. The van der Waals surface area contributed by atoms with Gasteiger partial charge >= 0.3 is 6.18 Å². The van der Waals surface area contributed by atoms with Gasteiger partial charge in [-0.25, -0.2) is 4.98 Å². The van der Waals surface area contributed by atoms with E-state index in [0.717, 1.165) is 75.8 Å². The van der Waals surface area contributed by atoms with Gasteiger partial charge in [0.15, 0.2) is 0 Å². The molecule has 0 spiro atoms. The number of carbonyl (C=O) groups excluding carboxylic acids is 1. The van der Waals surface area contributed by atoms with Gasteiger partial charge in [-0.3, -0.25) is 9.69 Å². The van der Waals surface area contributed by atoms with Gasteiger partial charge in [0, 0.05) is 61.2 Å². The van der Waals surface area contributed by atoms with Gasteiger partial charge in [-0.2, -0.15) is 18.2 Å². The number of morpholine rings is 1. The van der Waals surface area contributed by atoms with Crippen LogP contribution in [-0.2, 0) is 15.7 Å². The molecular weight excluding hydrogens is 547 g/mol. The summed E-state index contributed by atoms with van der Waals surface area (Å²) < 4.78 is 46.9. The lowest BCUT2D eigenvalue weighted by Crippen LogP contribution is -2.49. The highest BCUT2D eigenvalue weighted by atomic mass is 19.4. The Morgan fingerprint density at radius 1 is 1.05 bits per heavy atom. The minimum absolute atomic E-state index is 0.0174. The minimum Gasteiger partial charge on any atom is -0.379 e. The fourth-order valence-corrected chi connectivity index (χ4v) is 5.29. The number of piperidine rings is 1. The molecule has 1 aromatic heterocycles. The molecule has 0 atom stereocenters. The van der Waals surface area contributed by atoms with Crippen LogP contribution in [0.15, 0.2) is 61.3 Å². The zero-order chi connectivity index (χ0) is 29.7. The van der Waals surface area contributed by atoms with E-state index in [9.17, 15) is 18.0 Å². The van der Waals surface area contributed by atoms with Gasteiger partial charge < -0.3 is 25.6 Å².